The Labute approximate surface area is 152 Å². The van der Waals surface area contributed by atoms with Gasteiger partial charge >= 0.3 is 0 Å². The summed E-state index contributed by atoms with van der Waals surface area (Å²) in [4.78, 5) is 18.3. The molecule has 0 bridgehead atoms. The fraction of sp³-hybridized carbons (Fsp3) is 0.222. The Morgan fingerprint density at radius 3 is 3.15 bits per heavy atom. The molecule has 9 heteroatoms. The number of hydrogen-bond acceptors (Lipinski definition) is 6. The van der Waals surface area contributed by atoms with Gasteiger partial charge in [0.2, 0.25) is 0 Å². The molecule has 1 aliphatic rings. The van der Waals surface area contributed by atoms with Gasteiger partial charge in [0, 0.05) is 24.5 Å². The Morgan fingerprint density at radius 2 is 2.30 bits per heavy atom. The summed E-state index contributed by atoms with van der Waals surface area (Å²) in [6.45, 7) is 0.499. The third kappa shape index (κ3) is 2.67. The van der Waals surface area contributed by atoms with E-state index in [-0.39, 0.29) is 18.1 Å². The van der Waals surface area contributed by atoms with E-state index in [1.807, 2.05) is 18.2 Å². The number of fused-ring (bicyclic) bond motifs is 2. The number of anilines is 2. The third-order valence-electron chi connectivity index (χ3n) is 4.68. The predicted octanol–water partition coefficient (Wildman–Crippen LogP) is 3.03. The van der Waals surface area contributed by atoms with Crippen molar-refractivity contribution in [1.29, 1.82) is 0 Å². The molecule has 0 saturated carbocycles. The highest BCUT2D eigenvalue weighted by molar-refractivity contribution is 6.04. The van der Waals surface area contributed by atoms with Crippen molar-refractivity contribution in [2.75, 3.05) is 18.4 Å². The van der Waals surface area contributed by atoms with Gasteiger partial charge in [0.15, 0.2) is 17.1 Å². The van der Waals surface area contributed by atoms with E-state index in [0.717, 1.165) is 16.7 Å². The van der Waals surface area contributed by atoms with Gasteiger partial charge in [-0.05, 0) is 30.7 Å². The second kappa shape index (κ2) is 6.04. The van der Waals surface area contributed by atoms with E-state index in [4.69, 9.17) is 4.52 Å². The van der Waals surface area contributed by atoms with Crippen LogP contribution in [0.4, 0.5) is 15.9 Å². The maximum absolute atomic E-state index is 13.4. The van der Waals surface area contributed by atoms with Crippen LogP contribution in [0, 0.1) is 0 Å². The standard InChI is InChI=1S/C18H15FN6O2/c19-10-5-7-25(9-10)18(26)15-12-4-3-11(8-14(12)27-24-15)21-17-16-13(22-23-17)2-1-6-20-16/h1-4,6,8,10H,5,7,9H2,(H2,21,22,23)/t10-/m1/s1. The number of carbonyl (C=O) groups is 1. The Kier molecular flexibility index (Phi) is 3.52. The molecule has 4 heterocycles. The lowest BCUT2D eigenvalue weighted by molar-refractivity contribution is 0.0774. The first-order valence-corrected chi connectivity index (χ1v) is 8.58. The Bertz CT molecular complexity index is 1150. The van der Waals surface area contributed by atoms with Crippen LogP contribution in [0.25, 0.3) is 22.0 Å². The molecule has 0 aliphatic carbocycles. The third-order valence-corrected chi connectivity index (χ3v) is 4.68. The molecule has 1 fully saturated rings. The van der Waals surface area contributed by atoms with Gasteiger partial charge in [-0.2, -0.15) is 5.10 Å². The molecule has 0 radical (unpaired) electrons. The maximum Gasteiger partial charge on any atom is 0.276 e. The van der Waals surface area contributed by atoms with Gasteiger partial charge in [-0.3, -0.25) is 14.9 Å². The van der Waals surface area contributed by atoms with Crippen molar-refractivity contribution in [3.8, 4) is 0 Å². The number of halogens is 1. The number of likely N-dealkylation sites (tertiary alicyclic amines) is 1. The first-order valence-electron chi connectivity index (χ1n) is 8.58. The molecule has 1 aliphatic heterocycles. The summed E-state index contributed by atoms with van der Waals surface area (Å²) >= 11 is 0. The Hall–Kier alpha value is -3.49. The van der Waals surface area contributed by atoms with Crippen LogP contribution in [-0.2, 0) is 0 Å². The lowest BCUT2D eigenvalue weighted by Gasteiger charge is -2.12. The van der Waals surface area contributed by atoms with Crippen molar-refractivity contribution in [3.63, 3.8) is 0 Å². The molecule has 5 rings (SSSR count). The highest BCUT2D eigenvalue weighted by atomic mass is 19.1. The first kappa shape index (κ1) is 15.7. The molecule has 1 atom stereocenters. The zero-order chi connectivity index (χ0) is 18.4. The van der Waals surface area contributed by atoms with Crippen LogP contribution in [0.5, 0.6) is 0 Å². The zero-order valence-corrected chi connectivity index (χ0v) is 14.1. The number of rotatable bonds is 3. The number of H-pyrrole nitrogens is 1. The maximum atomic E-state index is 13.4. The summed E-state index contributed by atoms with van der Waals surface area (Å²) in [6.07, 6.45) is 1.09. The smallest absolute Gasteiger partial charge is 0.276 e. The molecule has 2 N–H and O–H groups in total. The van der Waals surface area contributed by atoms with Gasteiger partial charge in [-0.25, -0.2) is 4.39 Å². The van der Waals surface area contributed by atoms with E-state index >= 15 is 0 Å². The quantitative estimate of drug-likeness (QED) is 0.578. The molecule has 1 saturated heterocycles. The lowest BCUT2D eigenvalue weighted by Crippen LogP contribution is -2.29. The van der Waals surface area contributed by atoms with Gasteiger partial charge in [-0.15, -0.1) is 0 Å². The minimum absolute atomic E-state index is 0.103. The molecule has 136 valence electrons. The number of nitrogens with one attached hydrogen (secondary N) is 2. The number of nitrogens with zero attached hydrogens (tertiary/aromatic N) is 4. The van der Waals surface area contributed by atoms with Gasteiger partial charge in [0.25, 0.3) is 5.91 Å². The number of pyridine rings is 1. The molecule has 4 aromatic rings. The van der Waals surface area contributed by atoms with Crippen LogP contribution < -0.4 is 5.32 Å². The number of amides is 1. The van der Waals surface area contributed by atoms with Gasteiger partial charge < -0.3 is 14.7 Å². The molecule has 0 unspecified atom stereocenters. The average Bonchev–Trinajstić information content (AvgIpc) is 3.40. The van der Waals surface area contributed by atoms with Gasteiger partial charge in [0.05, 0.1) is 17.4 Å². The van der Waals surface area contributed by atoms with E-state index in [1.54, 1.807) is 18.3 Å². The second-order valence-corrected chi connectivity index (χ2v) is 6.48. The van der Waals surface area contributed by atoms with Gasteiger partial charge in [0.1, 0.15) is 11.7 Å². The normalized spacial score (nSPS) is 17.1. The molecule has 3 aromatic heterocycles. The Morgan fingerprint density at radius 1 is 1.37 bits per heavy atom. The van der Waals surface area contributed by atoms with Crippen molar-refractivity contribution in [2.45, 2.75) is 12.6 Å². The molecule has 27 heavy (non-hydrogen) atoms. The summed E-state index contributed by atoms with van der Waals surface area (Å²) in [5.74, 6) is 0.281. The van der Waals surface area contributed by atoms with Crippen molar-refractivity contribution in [2.24, 2.45) is 0 Å². The molecule has 8 nitrogen and oxygen atoms in total. The van der Waals surface area contributed by atoms with Crippen LogP contribution in [0.3, 0.4) is 0 Å². The van der Waals surface area contributed by atoms with E-state index in [1.165, 1.54) is 4.90 Å². The zero-order valence-electron chi connectivity index (χ0n) is 14.1. The average molecular weight is 366 g/mol. The fourth-order valence-electron chi connectivity index (χ4n) is 3.30. The van der Waals surface area contributed by atoms with Crippen LogP contribution in [-0.4, -0.2) is 50.4 Å². The fourth-order valence-corrected chi connectivity index (χ4v) is 3.30. The number of aromatic amines is 1. The van der Waals surface area contributed by atoms with Crippen LogP contribution in [0.2, 0.25) is 0 Å². The molecule has 1 amide bonds. The van der Waals surface area contributed by atoms with E-state index < -0.39 is 6.17 Å². The minimum atomic E-state index is -0.972. The molecular formula is C18H15FN6O2. The second-order valence-electron chi connectivity index (χ2n) is 6.48. The topological polar surface area (TPSA) is 99.9 Å². The Balaban J connectivity index is 1.44. The lowest BCUT2D eigenvalue weighted by atomic mass is 10.2. The van der Waals surface area contributed by atoms with Gasteiger partial charge in [-0.1, -0.05) is 5.16 Å². The minimum Gasteiger partial charge on any atom is -0.355 e. The SMILES string of the molecule is O=C(c1noc2cc(Nc3n[nH]c4cccnc34)ccc12)N1CC[C@@H](F)C1. The molecule has 1 aromatic carbocycles. The van der Waals surface area contributed by atoms with Crippen molar-refractivity contribution < 1.29 is 13.7 Å². The van der Waals surface area contributed by atoms with Crippen molar-refractivity contribution >= 4 is 39.4 Å². The molecular weight excluding hydrogens is 351 g/mol. The van der Waals surface area contributed by atoms with Crippen LogP contribution >= 0.6 is 0 Å². The largest absolute Gasteiger partial charge is 0.355 e. The van der Waals surface area contributed by atoms with Crippen molar-refractivity contribution in [3.05, 3.63) is 42.2 Å². The summed E-state index contributed by atoms with van der Waals surface area (Å²) in [6, 6.07) is 9.02. The van der Waals surface area contributed by atoms with E-state index in [2.05, 4.69) is 25.7 Å². The number of alkyl halides is 1. The molecule has 0 spiro atoms. The van der Waals surface area contributed by atoms with Crippen LogP contribution in [0.1, 0.15) is 16.9 Å². The number of aromatic nitrogens is 4. The highest BCUT2D eigenvalue weighted by Gasteiger charge is 2.29. The number of carbonyl (C=O) groups excluding carboxylic acids is 1. The predicted molar refractivity (Wildman–Crippen MR) is 96.6 cm³/mol. The summed E-state index contributed by atoms with van der Waals surface area (Å²) in [7, 11) is 0. The monoisotopic (exact) mass is 366 g/mol. The summed E-state index contributed by atoms with van der Waals surface area (Å²) in [5.41, 5.74) is 2.94. The highest BCUT2D eigenvalue weighted by Crippen LogP contribution is 2.27. The number of benzene rings is 1. The van der Waals surface area contributed by atoms with E-state index in [0.29, 0.717) is 29.8 Å². The summed E-state index contributed by atoms with van der Waals surface area (Å²) < 4.78 is 18.7. The van der Waals surface area contributed by atoms with E-state index in [9.17, 15) is 9.18 Å². The van der Waals surface area contributed by atoms with Crippen molar-refractivity contribution in [1.82, 2.24) is 25.2 Å². The number of hydrogen-bond donors (Lipinski definition) is 2. The van der Waals surface area contributed by atoms with Crippen LogP contribution in [0.15, 0.2) is 41.1 Å². The summed E-state index contributed by atoms with van der Waals surface area (Å²) in [5, 5.41) is 14.8. The first-order chi connectivity index (χ1) is 13.2.